The van der Waals surface area contributed by atoms with Crippen molar-refractivity contribution in [1.82, 2.24) is 10.2 Å². The first-order chi connectivity index (χ1) is 11.2. The third-order valence-corrected chi connectivity index (χ3v) is 4.26. The third-order valence-electron chi connectivity index (χ3n) is 4.26. The van der Waals surface area contributed by atoms with Gasteiger partial charge in [0.2, 0.25) is 0 Å². The molecule has 0 bridgehead atoms. The molecule has 0 radical (unpaired) electrons. The van der Waals surface area contributed by atoms with E-state index < -0.39 is 5.82 Å². The lowest BCUT2D eigenvalue weighted by molar-refractivity contribution is 0.0947. The molecule has 2 aromatic rings. The van der Waals surface area contributed by atoms with Crippen LogP contribution in [0.25, 0.3) is 0 Å². The van der Waals surface area contributed by atoms with Crippen LogP contribution in [0.1, 0.15) is 27.9 Å². The molecule has 0 aliphatic carbocycles. The van der Waals surface area contributed by atoms with Crippen LogP contribution in [0.5, 0.6) is 0 Å². The van der Waals surface area contributed by atoms with Crippen LogP contribution in [0.4, 0.5) is 4.39 Å². The Labute approximate surface area is 136 Å². The van der Waals surface area contributed by atoms with Gasteiger partial charge >= 0.3 is 0 Å². The number of rotatable bonds is 5. The summed E-state index contributed by atoms with van der Waals surface area (Å²) in [5, 5.41) is 2.79. The van der Waals surface area contributed by atoms with Gasteiger partial charge in [-0.15, -0.1) is 0 Å². The predicted molar refractivity (Wildman–Crippen MR) is 88.8 cm³/mol. The van der Waals surface area contributed by atoms with Crippen molar-refractivity contribution >= 4 is 5.91 Å². The summed E-state index contributed by atoms with van der Waals surface area (Å²) in [6.07, 6.45) is 1.94. The lowest BCUT2D eigenvalue weighted by atomic mass is 10.00. The van der Waals surface area contributed by atoms with E-state index in [0.29, 0.717) is 6.54 Å². The van der Waals surface area contributed by atoms with E-state index in [4.69, 9.17) is 0 Å². The van der Waals surface area contributed by atoms with Crippen molar-refractivity contribution in [2.75, 3.05) is 19.6 Å². The molecule has 2 aromatic carbocycles. The van der Waals surface area contributed by atoms with Crippen molar-refractivity contribution in [2.45, 2.75) is 19.4 Å². The van der Waals surface area contributed by atoms with Crippen molar-refractivity contribution in [3.8, 4) is 0 Å². The second-order valence-corrected chi connectivity index (χ2v) is 5.88. The number of halogens is 1. The molecule has 0 spiro atoms. The average molecular weight is 312 g/mol. The van der Waals surface area contributed by atoms with E-state index >= 15 is 0 Å². The molecule has 1 N–H and O–H groups in total. The Morgan fingerprint density at radius 2 is 1.83 bits per heavy atom. The van der Waals surface area contributed by atoms with Crippen LogP contribution >= 0.6 is 0 Å². The molecule has 0 fully saturated rings. The summed E-state index contributed by atoms with van der Waals surface area (Å²) in [4.78, 5) is 14.3. The second kappa shape index (κ2) is 7.38. The van der Waals surface area contributed by atoms with Crippen LogP contribution in [0.2, 0.25) is 0 Å². The number of nitrogens with zero attached hydrogens (tertiary/aromatic N) is 1. The first kappa shape index (κ1) is 15.7. The fourth-order valence-electron chi connectivity index (χ4n) is 2.99. The summed E-state index contributed by atoms with van der Waals surface area (Å²) in [5.74, 6) is -0.815. The van der Waals surface area contributed by atoms with Crippen LogP contribution in [0.3, 0.4) is 0 Å². The number of carbonyl (C=O) groups is 1. The Hall–Kier alpha value is -2.20. The Morgan fingerprint density at radius 3 is 2.65 bits per heavy atom. The Bertz CT molecular complexity index is 687. The molecule has 3 rings (SSSR count). The lowest BCUT2D eigenvalue weighted by Crippen LogP contribution is -2.33. The monoisotopic (exact) mass is 312 g/mol. The maximum Gasteiger partial charge on any atom is 0.254 e. The van der Waals surface area contributed by atoms with E-state index in [1.807, 2.05) is 0 Å². The first-order valence-corrected chi connectivity index (χ1v) is 8.06. The van der Waals surface area contributed by atoms with Crippen LogP contribution in [0.15, 0.2) is 48.5 Å². The topological polar surface area (TPSA) is 32.3 Å². The van der Waals surface area contributed by atoms with Crippen LogP contribution < -0.4 is 5.32 Å². The van der Waals surface area contributed by atoms with Gasteiger partial charge in [-0.05, 0) is 36.1 Å². The van der Waals surface area contributed by atoms with Gasteiger partial charge in [0.15, 0.2) is 0 Å². The first-order valence-electron chi connectivity index (χ1n) is 8.06. The quantitative estimate of drug-likeness (QED) is 0.861. The SMILES string of the molecule is O=C(NCCCN1CCc2ccccc2C1)c1ccccc1F. The molecule has 0 saturated heterocycles. The maximum atomic E-state index is 13.5. The molecule has 1 aliphatic rings. The highest BCUT2D eigenvalue weighted by Gasteiger charge is 2.15. The minimum absolute atomic E-state index is 0.111. The zero-order valence-corrected chi connectivity index (χ0v) is 13.1. The molecule has 0 unspecified atom stereocenters. The van der Waals surface area contributed by atoms with E-state index in [1.54, 1.807) is 12.1 Å². The zero-order chi connectivity index (χ0) is 16.1. The summed E-state index contributed by atoms with van der Waals surface area (Å²) in [7, 11) is 0. The molecule has 0 atom stereocenters. The lowest BCUT2D eigenvalue weighted by Gasteiger charge is -2.28. The van der Waals surface area contributed by atoms with Gasteiger partial charge < -0.3 is 5.32 Å². The number of hydrogen-bond acceptors (Lipinski definition) is 2. The van der Waals surface area contributed by atoms with Crippen molar-refractivity contribution < 1.29 is 9.18 Å². The Balaban J connectivity index is 1.43. The van der Waals surface area contributed by atoms with Crippen LogP contribution in [-0.4, -0.2) is 30.4 Å². The smallest absolute Gasteiger partial charge is 0.254 e. The molecule has 3 nitrogen and oxygen atoms in total. The molecular weight excluding hydrogens is 291 g/mol. The summed E-state index contributed by atoms with van der Waals surface area (Å²) < 4.78 is 13.5. The van der Waals surface area contributed by atoms with Crippen molar-refractivity contribution in [3.63, 3.8) is 0 Å². The Kier molecular flexibility index (Phi) is 5.03. The summed E-state index contributed by atoms with van der Waals surface area (Å²) in [5.41, 5.74) is 2.95. The van der Waals surface area contributed by atoms with Gasteiger partial charge in [0.05, 0.1) is 5.56 Å². The molecule has 1 amide bonds. The number of carbonyl (C=O) groups excluding carboxylic acids is 1. The van der Waals surface area contributed by atoms with Gasteiger partial charge in [-0.2, -0.15) is 0 Å². The minimum Gasteiger partial charge on any atom is -0.352 e. The summed E-state index contributed by atoms with van der Waals surface area (Å²) in [6, 6.07) is 14.6. The fourth-order valence-corrected chi connectivity index (χ4v) is 2.99. The molecule has 120 valence electrons. The van der Waals surface area contributed by atoms with E-state index in [1.165, 1.54) is 23.3 Å². The molecule has 4 heteroatoms. The third kappa shape index (κ3) is 3.96. The van der Waals surface area contributed by atoms with Crippen molar-refractivity contribution in [3.05, 3.63) is 71.0 Å². The molecule has 23 heavy (non-hydrogen) atoms. The van der Waals surface area contributed by atoms with Gasteiger partial charge in [0, 0.05) is 26.2 Å². The number of amides is 1. The number of hydrogen-bond donors (Lipinski definition) is 1. The Morgan fingerprint density at radius 1 is 1.09 bits per heavy atom. The summed E-state index contributed by atoms with van der Waals surface area (Å²) >= 11 is 0. The van der Waals surface area contributed by atoms with Gasteiger partial charge in [-0.3, -0.25) is 9.69 Å². The predicted octanol–water partition coefficient (Wildman–Crippen LogP) is 3.00. The van der Waals surface area contributed by atoms with Gasteiger partial charge in [-0.1, -0.05) is 36.4 Å². The van der Waals surface area contributed by atoms with E-state index in [9.17, 15) is 9.18 Å². The highest BCUT2D eigenvalue weighted by molar-refractivity contribution is 5.94. The normalized spacial score (nSPS) is 14.3. The van der Waals surface area contributed by atoms with E-state index in [0.717, 1.165) is 32.5 Å². The highest BCUT2D eigenvalue weighted by atomic mass is 19.1. The largest absolute Gasteiger partial charge is 0.352 e. The highest BCUT2D eigenvalue weighted by Crippen LogP contribution is 2.18. The van der Waals surface area contributed by atoms with Gasteiger partial charge in [0.1, 0.15) is 5.82 Å². The number of fused-ring (bicyclic) bond motifs is 1. The molecule has 1 aliphatic heterocycles. The summed E-state index contributed by atoms with van der Waals surface area (Å²) in [6.45, 7) is 3.52. The standard InChI is InChI=1S/C19H21FN2O/c20-18-9-4-3-8-17(18)19(23)21-11-5-12-22-13-10-15-6-1-2-7-16(15)14-22/h1-4,6-9H,5,10-14H2,(H,21,23). The average Bonchev–Trinajstić information content (AvgIpc) is 2.59. The number of nitrogens with one attached hydrogen (secondary N) is 1. The van der Waals surface area contributed by atoms with E-state index in [-0.39, 0.29) is 11.5 Å². The van der Waals surface area contributed by atoms with Crippen LogP contribution in [-0.2, 0) is 13.0 Å². The fraction of sp³-hybridized carbons (Fsp3) is 0.316. The molecule has 0 aromatic heterocycles. The zero-order valence-electron chi connectivity index (χ0n) is 13.1. The van der Waals surface area contributed by atoms with Crippen LogP contribution in [0, 0.1) is 5.82 Å². The van der Waals surface area contributed by atoms with E-state index in [2.05, 4.69) is 34.5 Å². The number of benzene rings is 2. The minimum atomic E-state index is -0.474. The molecular formula is C19H21FN2O. The molecule has 0 saturated carbocycles. The second-order valence-electron chi connectivity index (χ2n) is 5.88. The van der Waals surface area contributed by atoms with Crippen molar-refractivity contribution in [2.24, 2.45) is 0 Å². The van der Waals surface area contributed by atoms with Gasteiger partial charge in [0.25, 0.3) is 5.91 Å². The maximum absolute atomic E-state index is 13.5. The van der Waals surface area contributed by atoms with Crippen molar-refractivity contribution in [1.29, 1.82) is 0 Å². The van der Waals surface area contributed by atoms with Gasteiger partial charge in [-0.25, -0.2) is 4.39 Å². The molecule has 1 heterocycles.